The first kappa shape index (κ1) is 17.7. The lowest BCUT2D eigenvalue weighted by atomic mass is 10.1. The molecule has 1 aromatic carbocycles. The predicted octanol–water partition coefficient (Wildman–Crippen LogP) is 2.35. The Labute approximate surface area is 142 Å². The third kappa shape index (κ3) is 4.43. The maximum absolute atomic E-state index is 6.19. The van der Waals surface area contributed by atoms with E-state index in [2.05, 4.69) is 15.1 Å². The molecule has 2 aromatic rings. The Hall–Kier alpha value is -1.63. The molecule has 0 radical (unpaired) electrons. The van der Waals surface area contributed by atoms with E-state index in [0.717, 1.165) is 18.7 Å². The molecule has 0 saturated carbocycles. The average Bonchev–Trinajstić information content (AvgIpc) is 2.97. The maximum Gasteiger partial charge on any atom is 0.318 e. The lowest BCUT2D eigenvalue weighted by Gasteiger charge is -2.33. The Bertz CT molecular complexity index is 597. The van der Waals surface area contributed by atoms with Crippen molar-refractivity contribution >= 4 is 18.4 Å². The number of hydrogen-bond donors (Lipinski definition) is 1. The zero-order valence-corrected chi connectivity index (χ0v) is 14.2. The Kier molecular flexibility index (Phi) is 5.98. The first-order valence-electron chi connectivity index (χ1n) is 7.65. The number of halogens is 1. The summed E-state index contributed by atoms with van der Waals surface area (Å²) < 4.78 is 11.5. The van der Waals surface area contributed by atoms with Gasteiger partial charge in [-0.05, 0) is 25.8 Å². The zero-order chi connectivity index (χ0) is 15.5. The van der Waals surface area contributed by atoms with Crippen LogP contribution in [0.4, 0.5) is 6.01 Å². The van der Waals surface area contributed by atoms with Crippen molar-refractivity contribution in [1.82, 2.24) is 10.2 Å². The fourth-order valence-corrected chi connectivity index (χ4v) is 2.79. The molecule has 0 aliphatic carbocycles. The van der Waals surface area contributed by atoms with Crippen LogP contribution < -0.4 is 10.6 Å². The van der Waals surface area contributed by atoms with E-state index in [1.165, 1.54) is 0 Å². The van der Waals surface area contributed by atoms with Crippen LogP contribution >= 0.6 is 12.4 Å². The molecule has 0 unspecified atom stereocenters. The van der Waals surface area contributed by atoms with E-state index in [1.807, 2.05) is 44.2 Å². The highest BCUT2D eigenvalue weighted by atomic mass is 35.5. The number of hydrogen-bond acceptors (Lipinski definition) is 6. The first-order chi connectivity index (χ1) is 10.6. The van der Waals surface area contributed by atoms with E-state index in [9.17, 15) is 0 Å². The Balaban J connectivity index is 0.00000192. The number of anilines is 1. The van der Waals surface area contributed by atoms with Gasteiger partial charge in [-0.1, -0.05) is 35.4 Å². The predicted molar refractivity (Wildman–Crippen MR) is 90.8 cm³/mol. The van der Waals surface area contributed by atoms with Gasteiger partial charge in [0.1, 0.15) is 0 Å². The van der Waals surface area contributed by atoms with Gasteiger partial charge in [-0.25, -0.2) is 0 Å². The van der Waals surface area contributed by atoms with Crippen molar-refractivity contribution in [3.05, 3.63) is 41.8 Å². The second-order valence-electron chi connectivity index (χ2n) is 5.88. The third-order valence-electron chi connectivity index (χ3n) is 3.74. The standard InChI is InChI=1S/C16H22N4O2.ClH/c1-11-9-20(10-12(2)21-11)16-19-18-15(22-16)14(17)8-13-6-4-3-5-7-13;/h3-7,11-12,14H,8-10,17H2,1-2H3;1H/t11-,12+,14-;/m1./s1. The second-order valence-corrected chi connectivity index (χ2v) is 5.88. The number of aromatic nitrogens is 2. The highest BCUT2D eigenvalue weighted by Gasteiger charge is 2.26. The highest BCUT2D eigenvalue weighted by molar-refractivity contribution is 5.85. The summed E-state index contributed by atoms with van der Waals surface area (Å²) in [6, 6.07) is 10.3. The summed E-state index contributed by atoms with van der Waals surface area (Å²) in [6.07, 6.45) is 0.979. The molecule has 1 aliphatic heterocycles. The molecule has 3 rings (SSSR count). The number of benzene rings is 1. The van der Waals surface area contributed by atoms with E-state index >= 15 is 0 Å². The van der Waals surface area contributed by atoms with Crippen LogP contribution in [-0.2, 0) is 11.2 Å². The van der Waals surface area contributed by atoms with Gasteiger partial charge in [0.15, 0.2) is 0 Å². The molecule has 126 valence electrons. The van der Waals surface area contributed by atoms with Gasteiger partial charge >= 0.3 is 6.01 Å². The van der Waals surface area contributed by atoms with E-state index in [1.54, 1.807) is 0 Å². The van der Waals surface area contributed by atoms with Gasteiger partial charge in [0.25, 0.3) is 0 Å². The molecule has 1 aliphatic rings. The smallest absolute Gasteiger partial charge is 0.318 e. The summed E-state index contributed by atoms with van der Waals surface area (Å²) in [7, 11) is 0. The Morgan fingerprint density at radius 2 is 1.83 bits per heavy atom. The van der Waals surface area contributed by atoms with Gasteiger partial charge in [-0.2, -0.15) is 0 Å². The van der Waals surface area contributed by atoms with Gasteiger partial charge in [0, 0.05) is 13.1 Å². The van der Waals surface area contributed by atoms with Crippen LogP contribution in [0.2, 0.25) is 0 Å². The van der Waals surface area contributed by atoms with Crippen molar-refractivity contribution in [2.75, 3.05) is 18.0 Å². The van der Waals surface area contributed by atoms with Crippen molar-refractivity contribution in [1.29, 1.82) is 0 Å². The third-order valence-corrected chi connectivity index (χ3v) is 3.74. The van der Waals surface area contributed by atoms with Crippen LogP contribution in [0.1, 0.15) is 31.3 Å². The van der Waals surface area contributed by atoms with E-state index < -0.39 is 0 Å². The van der Waals surface area contributed by atoms with E-state index in [0.29, 0.717) is 18.3 Å². The number of nitrogens with two attached hydrogens (primary N) is 1. The molecule has 0 bridgehead atoms. The summed E-state index contributed by atoms with van der Waals surface area (Å²) in [5, 5.41) is 8.26. The van der Waals surface area contributed by atoms with Gasteiger partial charge < -0.3 is 19.8 Å². The van der Waals surface area contributed by atoms with Crippen LogP contribution in [0.3, 0.4) is 0 Å². The molecule has 23 heavy (non-hydrogen) atoms. The molecular weight excluding hydrogens is 316 g/mol. The SMILES string of the molecule is C[C@@H]1CN(c2nnc([C@H](N)Cc3ccccc3)o2)C[C@H](C)O1.Cl. The maximum atomic E-state index is 6.19. The van der Waals surface area contributed by atoms with Gasteiger partial charge in [0.05, 0.1) is 18.2 Å². The molecule has 0 amide bonds. The monoisotopic (exact) mass is 338 g/mol. The Morgan fingerprint density at radius 1 is 1.17 bits per heavy atom. The van der Waals surface area contributed by atoms with Gasteiger partial charge in [-0.3, -0.25) is 0 Å². The summed E-state index contributed by atoms with van der Waals surface area (Å²) in [6.45, 7) is 5.59. The first-order valence-corrected chi connectivity index (χ1v) is 7.65. The minimum atomic E-state index is -0.292. The summed E-state index contributed by atoms with van der Waals surface area (Å²) in [4.78, 5) is 2.06. The van der Waals surface area contributed by atoms with Crippen LogP contribution in [0.15, 0.2) is 34.7 Å². The number of morpholine rings is 1. The lowest BCUT2D eigenvalue weighted by Crippen LogP contribution is -2.45. The molecule has 2 heterocycles. The van der Waals surface area contributed by atoms with Crippen LogP contribution in [0, 0.1) is 0 Å². The molecule has 3 atom stereocenters. The van der Waals surface area contributed by atoms with Crippen molar-refractivity contribution in [2.24, 2.45) is 5.73 Å². The van der Waals surface area contributed by atoms with Crippen molar-refractivity contribution in [3.63, 3.8) is 0 Å². The fourth-order valence-electron chi connectivity index (χ4n) is 2.79. The molecular formula is C16H23ClN4O2. The van der Waals surface area contributed by atoms with Gasteiger partial charge in [0.2, 0.25) is 5.89 Å². The summed E-state index contributed by atoms with van der Waals surface area (Å²) in [5.74, 6) is 0.477. The average molecular weight is 339 g/mol. The topological polar surface area (TPSA) is 77.4 Å². The van der Waals surface area contributed by atoms with Crippen molar-refractivity contribution in [2.45, 2.75) is 38.5 Å². The number of nitrogens with zero attached hydrogens (tertiary/aromatic N) is 3. The zero-order valence-electron chi connectivity index (χ0n) is 13.4. The largest absolute Gasteiger partial charge is 0.406 e. The van der Waals surface area contributed by atoms with E-state index in [-0.39, 0.29) is 30.7 Å². The normalized spacial score (nSPS) is 22.5. The molecule has 0 spiro atoms. The van der Waals surface area contributed by atoms with Crippen molar-refractivity contribution < 1.29 is 9.15 Å². The summed E-state index contributed by atoms with van der Waals surface area (Å²) in [5.41, 5.74) is 7.34. The lowest BCUT2D eigenvalue weighted by molar-refractivity contribution is -0.00677. The fraction of sp³-hybridized carbons (Fsp3) is 0.500. The molecule has 1 aromatic heterocycles. The second kappa shape index (κ2) is 7.77. The molecule has 1 saturated heterocycles. The number of rotatable bonds is 4. The van der Waals surface area contributed by atoms with Crippen LogP contribution in [-0.4, -0.2) is 35.5 Å². The molecule has 6 nitrogen and oxygen atoms in total. The number of ether oxygens (including phenoxy) is 1. The highest BCUT2D eigenvalue weighted by Crippen LogP contribution is 2.22. The molecule has 7 heteroatoms. The minimum absolute atomic E-state index is 0. The molecule has 2 N–H and O–H groups in total. The van der Waals surface area contributed by atoms with Gasteiger partial charge in [-0.15, -0.1) is 17.5 Å². The van der Waals surface area contributed by atoms with Crippen molar-refractivity contribution in [3.8, 4) is 0 Å². The van der Waals surface area contributed by atoms with E-state index in [4.69, 9.17) is 14.9 Å². The van der Waals surface area contributed by atoms with Crippen LogP contribution in [0.25, 0.3) is 0 Å². The quantitative estimate of drug-likeness (QED) is 0.922. The van der Waals surface area contributed by atoms with Crippen LogP contribution in [0.5, 0.6) is 0 Å². The summed E-state index contributed by atoms with van der Waals surface area (Å²) >= 11 is 0. The molecule has 1 fully saturated rings. The Morgan fingerprint density at radius 3 is 2.48 bits per heavy atom. The minimum Gasteiger partial charge on any atom is -0.406 e.